The van der Waals surface area contributed by atoms with Gasteiger partial charge in [0.25, 0.3) is 0 Å². The van der Waals surface area contributed by atoms with Crippen molar-refractivity contribution in [3.8, 4) is 0 Å². The fourth-order valence-corrected chi connectivity index (χ4v) is 1.45. The average molecular weight is 261 g/mol. The van der Waals surface area contributed by atoms with E-state index in [1.54, 1.807) is 0 Å². The highest BCUT2D eigenvalue weighted by Gasteiger charge is 1.98. The number of halogens is 1. The van der Waals surface area contributed by atoms with Crippen LogP contribution in [0.4, 0.5) is 0 Å². The van der Waals surface area contributed by atoms with Crippen molar-refractivity contribution in [2.24, 2.45) is 0 Å². The number of nitrogens with one attached hydrogen (secondary N) is 2. The first kappa shape index (κ1) is 11.8. The number of rotatable bonds is 6. The SMILES string of the molecule is CC(C)NCCNCc1ccc(Br)o1. The Bertz CT molecular complexity index is 260. The van der Waals surface area contributed by atoms with Crippen molar-refractivity contribution < 1.29 is 4.42 Å². The lowest BCUT2D eigenvalue weighted by Gasteiger charge is -2.07. The molecule has 2 N–H and O–H groups in total. The monoisotopic (exact) mass is 260 g/mol. The zero-order valence-electron chi connectivity index (χ0n) is 8.64. The molecule has 0 fully saturated rings. The first-order valence-corrected chi connectivity index (χ1v) is 5.66. The third-order valence-electron chi connectivity index (χ3n) is 1.78. The van der Waals surface area contributed by atoms with Crippen LogP contribution in [0.25, 0.3) is 0 Å². The predicted octanol–water partition coefficient (Wildman–Crippen LogP) is 2.13. The molecule has 1 aromatic heterocycles. The second-order valence-electron chi connectivity index (χ2n) is 3.49. The summed E-state index contributed by atoms with van der Waals surface area (Å²) in [5, 5.41) is 6.63. The van der Waals surface area contributed by atoms with E-state index >= 15 is 0 Å². The van der Waals surface area contributed by atoms with E-state index in [1.807, 2.05) is 12.1 Å². The molecule has 3 nitrogen and oxygen atoms in total. The standard InChI is InChI=1S/C10H17BrN2O/c1-8(2)13-6-5-12-7-9-3-4-10(11)14-9/h3-4,8,12-13H,5-7H2,1-2H3. The Morgan fingerprint density at radius 1 is 1.36 bits per heavy atom. The summed E-state index contributed by atoms with van der Waals surface area (Å²) in [4.78, 5) is 0. The van der Waals surface area contributed by atoms with E-state index < -0.39 is 0 Å². The summed E-state index contributed by atoms with van der Waals surface area (Å²) >= 11 is 3.27. The van der Waals surface area contributed by atoms with Gasteiger partial charge in [0.15, 0.2) is 4.67 Å². The van der Waals surface area contributed by atoms with Gasteiger partial charge < -0.3 is 15.1 Å². The van der Waals surface area contributed by atoms with Gasteiger partial charge in [-0.25, -0.2) is 0 Å². The zero-order valence-corrected chi connectivity index (χ0v) is 10.2. The normalized spacial score (nSPS) is 11.1. The maximum Gasteiger partial charge on any atom is 0.169 e. The molecule has 0 saturated carbocycles. The summed E-state index contributed by atoms with van der Waals surface area (Å²) in [6.07, 6.45) is 0. The average Bonchev–Trinajstić information content (AvgIpc) is 2.50. The van der Waals surface area contributed by atoms with E-state index in [4.69, 9.17) is 4.42 Å². The Labute approximate surface area is 93.4 Å². The molecule has 0 spiro atoms. The third kappa shape index (κ3) is 4.79. The highest BCUT2D eigenvalue weighted by Crippen LogP contribution is 2.13. The van der Waals surface area contributed by atoms with Crippen LogP contribution in [0.15, 0.2) is 21.2 Å². The Kier molecular flexibility index (Phi) is 5.22. The molecule has 0 aliphatic rings. The van der Waals surface area contributed by atoms with Crippen molar-refractivity contribution in [3.63, 3.8) is 0 Å². The van der Waals surface area contributed by atoms with Crippen molar-refractivity contribution in [3.05, 3.63) is 22.6 Å². The van der Waals surface area contributed by atoms with E-state index in [2.05, 4.69) is 40.4 Å². The van der Waals surface area contributed by atoms with Crippen LogP contribution in [-0.4, -0.2) is 19.1 Å². The maximum atomic E-state index is 5.34. The lowest BCUT2D eigenvalue weighted by molar-refractivity contribution is 0.460. The van der Waals surface area contributed by atoms with Crippen molar-refractivity contribution in [2.75, 3.05) is 13.1 Å². The van der Waals surface area contributed by atoms with E-state index in [-0.39, 0.29) is 0 Å². The third-order valence-corrected chi connectivity index (χ3v) is 2.21. The molecule has 0 atom stereocenters. The van der Waals surface area contributed by atoms with E-state index in [0.717, 1.165) is 30.1 Å². The Balaban J connectivity index is 2.04. The van der Waals surface area contributed by atoms with Gasteiger partial charge in [-0.3, -0.25) is 0 Å². The minimum atomic E-state index is 0.551. The molecule has 0 aliphatic heterocycles. The minimum absolute atomic E-state index is 0.551. The number of hydrogen-bond acceptors (Lipinski definition) is 3. The zero-order chi connectivity index (χ0) is 10.4. The number of furan rings is 1. The topological polar surface area (TPSA) is 37.2 Å². The molecule has 0 amide bonds. The maximum absolute atomic E-state index is 5.34. The Hall–Kier alpha value is -0.320. The van der Waals surface area contributed by atoms with Crippen molar-refractivity contribution in [1.82, 2.24) is 10.6 Å². The summed E-state index contributed by atoms with van der Waals surface area (Å²) in [6.45, 7) is 7.01. The highest BCUT2D eigenvalue weighted by atomic mass is 79.9. The Morgan fingerprint density at radius 2 is 2.14 bits per heavy atom. The molecule has 0 aliphatic carbocycles. The molecular formula is C10H17BrN2O. The van der Waals surface area contributed by atoms with E-state index in [0.29, 0.717) is 6.04 Å². The molecule has 0 unspecified atom stereocenters. The predicted molar refractivity (Wildman–Crippen MR) is 61.3 cm³/mol. The summed E-state index contributed by atoms with van der Waals surface area (Å²) in [5.41, 5.74) is 0. The minimum Gasteiger partial charge on any atom is -0.453 e. The van der Waals surface area contributed by atoms with Gasteiger partial charge in [0.05, 0.1) is 6.54 Å². The van der Waals surface area contributed by atoms with Crippen LogP contribution in [-0.2, 0) is 6.54 Å². The van der Waals surface area contributed by atoms with Crippen LogP contribution in [0.5, 0.6) is 0 Å². The van der Waals surface area contributed by atoms with Gasteiger partial charge in [-0.15, -0.1) is 0 Å². The highest BCUT2D eigenvalue weighted by molar-refractivity contribution is 9.10. The molecule has 1 aromatic rings. The van der Waals surface area contributed by atoms with Gasteiger partial charge in [0.2, 0.25) is 0 Å². The Morgan fingerprint density at radius 3 is 2.71 bits per heavy atom. The van der Waals surface area contributed by atoms with Crippen LogP contribution in [0.3, 0.4) is 0 Å². The molecule has 0 saturated heterocycles. The lowest BCUT2D eigenvalue weighted by Crippen LogP contribution is -2.31. The summed E-state index contributed by atoms with van der Waals surface area (Å²) < 4.78 is 6.13. The van der Waals surface area contributed by atoms with E-state index in [9.17, 15) is 0 Å². The van der Waals surface area contributed by atoms with Crippen LogP contribution in [0.1, 0.15) is 19.6 Å². The molecule has 0 bridgehead atoms. The summed E-state index contributed by atoms with van der Waals surface area (Å²) in [7, 11) is 0. The first-order chi connectivity index (χ1) is 6.68. The quantitative estimate of drug-likeness (QED) is 0.770. The van der Waals surface area contributed by atoms with Crippen molar-refractivity contribution in [1.29, 1.82) is 0 Å². The first-order valence-electron chi connectivity index (χ1n) is 4.87. The van der Waals surface area contributed by atoms with Crippen LogP contribution < -0.4 is 10.6 Å². The van der Waals surface area contributed by atoms with Crippen LogP contribution in [0.2, 0.25) is 0 Å². The van der Waals surface area contributed by atoms with Gasteiger partial charge in [0, 0.05) is 19.1 Å². The van der Waals surface area contributed by atoms with E-state index in [1.165, 1.54) is 0 Å². The molecule has 1 rings (SSSR count). The second kappa shape index (κ2) is 6.22. The summed E-state index contributed by atoms with van der Waals surface area (Å²) in [5.74, 6) is 0.960. The fraction of sp³-hybridized carbons (Fsp3) is 0.600. The van der Waals surface area contributed by atoms with Gasteiger partial charge >= 0.3 is 0 Å². The van der Waals surface area contributed by atoms with Crippen molar-refractivity contribution >= 4 is 15.9 Å². The molecule has 1 heterocycles. The van der Waals surface area contributed by atoms with Gasteiger partial charge in [-0.1, -0.05) is 13.8 Å². The summed E-state index contributed by atoms with van der Waals surface area (Å²) in [6, 6.07) is 4.42. The van der Waals surface area contributed by atoms with Gasteiger partial charge in [-0.2, -0.15) is 0 Å². The second-order valence-corrected chi connectivity index (χ2v) is 4.27. The van der Waals surface area contributed by atoms with Crippen molar-refractivity contribution in [2.45, 2.75) is 26.4 Å². The smallest absolute Gasteiger partial charge is 0.169 e. The van der Waals surface area contributed by atoms with Crippen LogP contribution >= 0.6 is 15.9 Å². The largest absolute Gasteiger partial charge is 0.453 e. The molecule has 4 heteroatoms. The molecule has 0 aromatic carbocycles. The number of hydrogen-bond donors (Lipinski definition) is 2. The van der Waals surface area contributed by atoms with Gasteiger partial charge in [0.1, 0.15) is 5.76 Å². The molecule has 80 valence electrons. The lowest BCUT2D eigenvalue weighted by atomic mass is 10.4. The fourth-order valence-electron chi connectivity index (χ4n) is 1.11. The molecule has 14 heavy (non-hydrogen) atoms. The molecule has 0 radical (unpaired) electrons. The molecular weight excluding hydrogens is 244 g/mol. The van der Waals surface area contributed by atoms with Gasteiger partial charge in [-0.05, 0) is 28.1 Å². The van der Waals surface area contributed by atoms with Crippen LogP contribution in [0, 0.1) is 0 Å².